The highest BCUT2D eigenvalue weighted by Crippen LogP contribution is 2.18. The minimum Gasteiger partial charge on any atom is -0.351 e. The van der Waals surface area contributed by atoms with E-state index in [1.165, 1.54) is 116 Å². The van der Waals surface area contributed by atoms with Crippen LogP contribution < -0.4 is 0 Å². The van der Waals surface area contributed by atoms with E-state index in [2.05, 4.69) is 27.7 Å². The van der Waals surface area contributed by atoms with E-state index in [-0.39, 0.29) is 0 Å². The summed E-state index contributed by atoms with van der Waals surface area (Å²) in [6.45, 7) is 11.8. The highest BCUT2D eigenvalue weighted by molar-refractivity contribution is 6.53. The fraction of sp³-hybridized carbons (Fsp3) is 1.00. The lowest BCUT2D eigenvalue weighted by molar-refractivity contribution is -0.0375. The lowest BCUT2D eigenvalue weighted by atomic mass is 10.1. The summed E-state index contributed by atoms with van der Waals surface area (Å²) in [6, 6.07) is 0. The Kier molecular flexibility index (Phi) is 28.7. The van der Waals surface area contributed by atoms with Gasteiger partial charge in [-0.2, -0.15) is 0 Å². The Morgan fingerprint density at radius 2 is 0.486 bits per heavy atom. The SMILES string of the molecule is CCCCCCCCCO[Si](OCCCCCCC)(OCCCCCCC)OCCCCCCC. The van der Waals surface area contributed by atoms with E-state index in [0.717, 1.165) is 25.7 Å². The van der Waals surface area contributed by atoms with Gasteiger partial charge in [0.2, 0.25) is 0 Å². The van der Waals surface area contributed by atoms with Crippen molar-refractivity contribution in [1.82, 2.24) is 0 Å². The third kappa shape index (κ3) is 24.2. The summed E-state index contributed by atoms with van der Waals surface area (Å²) in [5.74, 6) is 0. The largest absolute Gasteiger partial charge is 0.679 e. The Hall–Kier alpha value is 0.0569. The highest BCUT2D eigenvalue weighted by atomic mass is 28.4. The molecule has 0 saturated heterocycles. The molecule has 0 aromatic rings. The monoisotopic (exact) mass is 516 g/mol. The van der Waals surface area contributed by atoms with Crippen LogP contribution in [-0.2, 0) is 17.7 Å². The van der Waals surface area contributed by atoms with Crippen LogP contribution in [0.4, 0.5) is 0 Å². The van der Waals surface area contributed by atoms with Crippen LogP contribution in [0.2, 0.25) is 0 Å². The molecule has 0 unspecified atom stereocenters. The van der Waals surface area contributed by atoms with E-state index in [4.69, 9.17) is 17.7 Å². The Morgan fingerprint density at radius 1 is 0.286 bits per heavy atom. The molecule has 0 rings (SSSR count). The molecule has 0 aromatic heterocycles. The number of hydrogen-bond donors (Lipinski definition) is 0. The van der Waals surface area contributed by atoms with Gasteiger partial charge in [-0.05, 0) is 25.7 Å². The Morgan fingerprint density at radius 3 is 0.714 bits per heavy atom. The molecule has 0 spiro atoms. The lowest BCUT2D eigenvalue weighted by Crippen LogP contribution is -2.50. The van der Waals surface area contributed by atoms with Crippen LogP contribution in [0.25, 0.3) is 0 Å². The summed E-state index contributed by atoms with van der Waals surface area (Å²) in [5.41, 5.74) is 0. The Balaban J connectivity index is 4.74. The van der Waals surface area contributed by atoms with Crippen LogP contribution in [0.1, 0.15) is 169 Å². The first kappa shape index (κ1) is 35.1. The van der Waals surface area contributed by atoms with Crippen molar-refractivity contribution in [2.45, 2.75) is 169 Å². The van der Waals surface area contributed by atoms with Crippen molar-refractivity contribution < 1.29 is 17.7 Å². The van der Waals surface area contributed by atoms with E-state index in [9.17, 15) is 0 Å². The topological polar surface area (TPSA) is 36.9 Å². The predicted octanol–water partition coefficient (Wildman–Crippen LogP) is 10.2. The van der Waals surface area contributed by atoms with E-state index in [1.54, 1.807) is 0 Å². The van der Waals surface area contributed by atoms with Crippen molar-refractivity contribution in [3.05, 3.63) is 0 Å². The first-order valence-corrected chi connectivity index (χ1v) is 17.4. The van der Waals surface area contributed by atoms with E-state index in [0.29, 0.717) is 26.4 Å². The number of rotatable bonds is 30. The van der Waals surface area contributed by atoms with E-state index >= 15 is 0 Å². The molecule has 0 aromatic carbocycles. The van der Waals surface area contributed by atoms with Gasteiger partial charge in [-0.15, -0.1) is 0 Å². The molecular formula is C30H64O4Si. The minimum atomic E-state index is -3.08. The van der Waals surface area contributed by atoms with Gasteiger partial charge in [0.1, 0.15) is 0 Å². The van der Waals surface area contributed by atoms with E-state index < -0.39 is 9.05 Å². The third-order valence-corrected chi connectivity index (χ3v) is 8.84. The second kappa shape index (κ2) is 28.6. The van der Waals surface area contributed by atoms with Gasteiger partial charge in [-0.3, -0.25) is 0 Å². The maximum absolute atomic E-state index is 6.41. The summed E-state index contributed by atoms with van der Waals surface area (Å²) in [6.07, 6.45) is 27.3. The maximum atomic E-state index is 6.41. The van der Waals surface area contributed by atoms with Crippen molar-refractivity contribution in [3.8, 4) is 0 Å². The van der Waals surface area contributed by atoms with Crippen LogP contribution in [0.5, 0.6) is 0 Å². The smallest absolute Gasteiger partial charge is 0.351 e. The van der Waals surface area contributed by atoms with Crippen molar-refractivity contribution >= 4 is 9.05 Å². The standard InChI is InChI=1S/C30H64O4Si/c1-5-9-13-17-18-22-26-30-34-35(31-27-23-19-14-10-6-2,32-28-24-20-15-11-7-3)33-29-25-21-16-12-8-4/h5-30H2,1-4H3. The van der Waals surface area contributed by atoms with Gasteiger partial charge < -0.3 is 17.7 Å². The van der Waals surface area contributed by atoms with Crippen LogP contribution in [-0.4, -0.2) is 35.5 Å². The Labute approximate surface area is 222 Å². The molecule has 0 radical (unpaired) electrons. The highest BCUT2D eigenvalue weighted by Gasteiger charge is 2.45. The fourth-order valence-electron chi connectivity index (χ4n) is 4.21. The summed E-state index contributed by atoms with van der Waals surface area (Å²) >= 11 is 0. The average Bonchev–Trinajstić information content (AvgIpc) is 2.87. The first-order chi connectivity index (χ1) is 17.2. The molecule has 0 aliphatic heterocycles. The zero-order valence-electron chi connectivity index (χ0n) is 24.5. The molecule has 0 aliphatic rings. The van der Waals surface area contributed by atoms with Gasteiger partial charge in [-0.25, -0.2) is 0 Å². The molecular weight excluding hydrogens is 452 g/mol. The normalized spacial score (nSPS) is 12.0. The molecule has 0 N–H and O–H groups in total. The molecule has 5 heteroatoms. The summed E-state index contributed by atoms with van der Waals surface area (Å²) in [7, 11) is -3.08. The van der Waals surface area contributed by atoms with Gasteiger partial charge in [0, 0.05) is 26.4 Å². The first-order valence-electron chi connectivity index (χ1n) is 15.8. The second-order valence-electron chi connectivity index (χ2n) is 10.3. The van der Waals surface area contributed by atoms with Crippen molar-refractivity contribution in [2.24, 2.45) is 0 Å². The van der Waals surface area contributed by atoms with Crippen molar-refractivity contribution in [1.29, 1.82) is 0 Å². The molecule has 212 valence electrons. The molecule has 0 aliphatic carbocycles. The van der Waals surface area contributed by atoms with Crippen LogP contribution in [0, 0.1) is 0 Å². The maximum Gasteiger partial charge on any atom is 0.679 e. The zero-order valence-corrected chi connectivity index (χ0v) is 25.5. The van der Waals surface area contributed by atoms with Crippen LogP contribution in [0.15, 0.2) is 0 Å². The van der Waals surface area contributed by atoms with Crippen molar-refractivity contribution in [3.63, 3.8) is 0 Å². The molecule has 35 heavy (non-hydrogen) atoms. The molecule has 4 nitrogen and oxygen atoms in total. The second-order valence-corrected chi connectivity index (χ2v) is 12.4. The number of unbranched alkanes of at least 4 members (excludes halogenated alkanes) is 18. The fourth-order valence-corrected chi connectivity index (χ4v) is 6.29. The third-order valence-electron chi connectivity index (χ3n) is 6.61. The molecule has 0 atom stereocenters. The van der Waals surface area contributed by atoms with Gasteiger partial charge in [0.05, 0.1) is 0 Å². The molecule has 0 fully saturated rings. The number of hydrogen-bond acceptors (Lipinski definition) is 4. The summed E-state index contributed by atoms with van der Waals surface area (Å²) < 4.78 is 25.6. The molecule has 0 saturated carbocycles. The van der Waals surface area contributed by atoms with Crippen LogP contribution in [0.3, 0.4) is 0 Å². The lowest BCUT2D eigenvalue weighted by Gasteiger charge is -2.28. The zero-order chi connectivity index (χ0) is 25.7. The average molecular weight is 517 g/mol. The van der Waals surface area contributed by atoms with Crippen molar-refractivity contribution in [2.75, 3.05) is 26.4 Å². The molecule has 0 bridgehead atoms. The van der Waals surface area contributed by atoms with Crippen LogP contribution >= 0.6 is 0 Å². The molecule has 0 amide bonds. The van der Waals surface area contributed by atoms with E-state index in [1.807, 2.05) is 0 Å². The summed E-state index contributed by atoms with van der Waals surface area (Å²) in [5, 5.41) is 0. The summed E-state index contributed by atoms with van der Waals surface area (Å²) in [4.78, 5) is 0. The van der Waals surface area contributed by atoms with Gasteiger partial charge in [0.15, 0.2) is 0 Å². The van der Waals surface area contributed by atoms with Gasteiger partial charge in [0.25, 0.3) is 0 Å². The minimum absolute atomic E-state index is 0.693. The molecule has 0 heterocycles. The quantitative estimate of drug-likeness (QED) is 0.0702. The Bertz CT molecular complexity index is 354. The van der Waals surface area contributed by atoms with Gasteiger partial charge >= 0.3 is 9.05 Å². The van der Waals surface area contributed by atoms with Gasteiger partial charge in [-0.1, -0.05) is 143 Å². The predicted molar refractivity (Wildman–Crippen MR) is 154 cm³/mol.